The molecule has 0 spiro atoms. The molecule has 0 aliphatic carbocycles. The average Bonchev–Trinajstić information content (AvgIpc) is 2.28. The number of unbranched alkanes of at least 4 members (excludes halogenated alkanes) is 4. The van der Waals surface area contributed by atoms with Crippen LogP contribution in [0.15, 0.2) is 0 Å². The van der Waals surface area contributed by atoms with Gasteiger partial charge in [0, 0.05) is 19.8 Å². The topological polar surface area (TPSA) is 27.7 Å². The van der Waals surface area contributed by atoms with Gasteiger partial charge in [0.1, 0.15) is 0 Å². The summed E-state index contributed by atoms with van der Waals surface area (Å²) in [5.41, 5.74) is 0. The van der Waals surface area contributed by atoms with Crippen LogP contribution < -0.4 is 0 Å². The molecular weight excluding hydrogens is 204 g/mol. The fraction of sp³-hybridized carbons (Fsp3) is 1.00. The monoisotopic (exact) mass is 232 g/mol. The van der Waals surface area contributed by atoms with E-state index in [1.54, 1.807) is 0 Å². The molecule has 0 fully saturated rings. The van der Waals surface area contributed by atoms with E-state index in [2.05, 4.69) is 6.92 Å². The number of rotatable bonds is 12. The summed E-state index contributed by atoms with van der Waals surface area (Å²) in [6.45, 7) is 8.88. The zero-order valence-electron chi connectivity index (χ0n) is 11.2. The molecule has 3 heteroatoms. The molecule has 16 heavy (non-hydrogen) atoms. The Kier molecular flexibility index (Phi) is 12.9. The Morgan fingerprint density at radius 3 is 2.00 bits per heavy atom. The molecule has 98 valence electrons. The van der Waals surface area contributed by atoms with Crippen LogP contribution in [0.3, 0.4) is 0 Å². The van der Waals surface area contributed by atoms with Crippen LogP contribution in [0.5, 0.6) is 0 Å². The largest absolute Gasteiger partial charge is 0.376 e. The molecule has 0 heterocycles. The second kappa shape index (κ2) is 12.9. The van der Waals surface area contributed by atoms with Gasteiger partial charge in [-0.15, -0.1) is 0 Å². The smallest absolute Gasteiger partial charge is 0.180 e. The maximum Gasteiger partial charge on any atom is 0.180 e. The molecule has 0 atom stereocenters. The van der Waals surface area contributed by atoms with E-state index in [1.165, 1.54) is 25.7 Å². The third kappa shape index (κ3) is 10.4. The first-order chi connectivity index (χ1) is 7.85. The van der Waals surface area contributed by atoms with Crippen molar-refractivity contribution in [3.05, 3.63) is 0 Å². The van der Waals surface area contributed by atoms with Gasteiger partial charge in [0.25, 0.3) is 0 Å². The van der Waals surface area contributed by atoms with Crippen molar-refractivity contribution in [3.8, 4) is 0 Å². The SMILES string of the molecule is CCCCCCCOCC(OCC)OCC. The van der Waals surface area contributed by atoms with E-state index >= 15 is 0 Å². The predicted molar refractivity (Wildman–Crippen MR) is 66.6 cm³/mol. The Labute approximate surface area is 100 Å². The first-order valence-corrected chi connectivity index (χ1v) is 6.66. The van der Waals surface area contributed by atoms with Crippen LogP contribution in [0.4, 0.5) is 0 Å². The van der Waals surface area contributed by atoms with E-state index in [1.807, 2.05) is 13.8 Å². The Bertz CT molecular complexity index is 122. The highest BCUT2D eigenvalue weighted by Crippen LogP contribution is 2.03. The Morgan fingerprint density at radius 1 is 0.812 bits per heavy atom. The molecule has 3 nitrogen and oxygen atoms in total. The highest BCUT2D eigenvalue weighted by atomic mass is 16.7. The van der Waals surface area contributed by atoms with E-state index < -0.39 is 0 Å². The zero-order chi connectivity index (χ0) is 12.1. The first kappa shape index (κ1) is 15.9. The number of ether oxygens (including phenoxy) is 3. The Hall–Kier alpha value is -0.120. The van der Waals surface area contributed by atoms with Crippen molar-refractivity contribution < 1.29 is 14.2 Å². The van der Waals surface area contributed by atoms with E-state index in [4.69, 9.17) is 14.2 Å². The summed E-state index contributed by atoms with van der Waals surface area (Å²) in [5.74, 6) is 0. The van der Waals surface area contributed by atoms with E-state index in [-0.39, 0.29) is 6.29 Å². The molecule has 0 aliphatic heterocycles. The molecule has 0 amide bonds. The summed E-state index contributed by atoms with van der Waals surface area (Å²) in [6.07, 6.45) is 6.16. The summed E-state index contributed by atoms with van der Waals surface area (Å²) in [4.78, 5) is 0. The van der Waals surface area contributed by atoms with Crippen molar-refractivity contribution >= 4 is 0 Å². The van der Waals surface area contributed by atoms with E-state index in [0.717, 1.165) is 13.0 Å². The van der Waals surface area contributed by atoms with Crippen molar-refractivity contribution in [3.63, 3.8) is 0 Å². The zero-order valence-corrected chi connectivity index (χ0v) is 11.2. The van der Waals surface area contributed by atoms with Gasteiger partial charge < -0.3 is 14.2 Å². The van der Waals surface area contributed by atoms with Crippen LogP contribution in [-0.2, 0) is 14.2 Å². The second-order valence-electron chi connectivity index (χ2n) is 3.83. The minimum atomic E-state index is -0.189. The van der Waals surface area contributed by atoms with Gasteiger partial charge in [-0.05, 0) is 20.3 Å². The van der Waals surface area contributed by atoms with Gasteiger partial charge in [0.05, 0.1) is 6.61 Å². The third-order valence-corrected chi connectivity index (χ3v) is 2.35. The summed E-state index contributed by atoms with van der Waals surface area (Å²) < 4.78 is 16.3. The van der Waals surface area contributed by atoms with E-state index in [9.17, 15) is 0 Å². The number of hydrogen-bond donors (Lipinski definition) is 0. The van der Waals surface area contributed by atoms with Gasteiger partial charge in [0.15, 0.2) is 6.29 Å². The van der Waals surface area contributed by atoms with Crippen molar-refractivity contribution in [2.75, 3.05) is 26.4 Å². The van der Waals surface area contributed by atoms with Gasteiger partial charge in [-0.3, -0.25) is 0 Å². The fourth-order valence-corrected chi connectivity index (χ4v) is 1.50. The lowest BCUT2D eigenvalue weighted by Crippen LogP contribution is -2.23. The van der Waals surface area contributed by atoms with Gasteiger partial charge in [0.2, 0.25) is 0 Å². The summed E-state index contributed by atoms with van der Waals surface area (Å²) in [7, 11) is 0. The summed E-state index contributed by atoms with van der Waals surface area (Å²) >= 11 is 0. The maximum atomic E-state index is 5.53. The molecule has 0 unspecified atom stereocenters. The Morgan fingerprint density at radius 2 is 1.44 bits per heavy atom. The van der Waals surface area contributed by atoms with Gasteiger partial charge in [-0.25, -0.2) is 0 Å². The van der Waals surface area contributed by atoms with Crippen molar-refractivity contribution in [1.29, 1.82) is 0 Å². The molecule has 0 saturated carbocycles. The summed E-state index contributed by atoms with van der Waals surface area (Å²) in [6, 6.07) is 0. The Balaban J connectivity index is 3.25. The first-order valence-electron chi connectivity index (χ1n) is 6.66. The molecule has 0 bridgehead atoms. The van der Waals surface area contributed by atoms with E-state index in [0.29, 0.717) is 19.8 Å². The standard InChI is InChI=1S/C13H28O3/c1-4-7-8-9-10-11-14-12-13(15-5-2)16-6-3/h13H,4-12H2,1-3H3. The second-order valence-corrected chi connectivity index (χ2v) is 3.83. The minimum Gasteiger partial charge on any atom is -0.376 e. The lowest BCUT2D eigenvalue weighted by molar-refractivity contribution is -0.167. The molecule has 0 aliphatic rings. The van der Waals surface area contributed by atoms with Crippen LogP contribution in [0.2, 0.25) is 0 Å². The van der Waals surface area contributed by atoms with Crippen LogP contribution in [-0.4, -0.2) is 32.7 Å². The lowest BCUT2D eigenvalue weighted by Gasteiger charge is -2.16. The van der Waals surface area contributed by atoms with Crippen LogP contribution >= 0.6 is 0 Å². The molecule has 0 aromatic carbocycles. The molecule has 0 N–H and O–H groups in total. The molecule has 0 saturated heterocycles. The van der Waals surface area contributed by atoms with Crippen LogP contribution in [0.25, 0.3) is 0 Å². The van der Waals surface area contributed by atoms with Crippen molar-refractivity contribution in [2.45, 2.75) is 59.2 Å². The van der Waals surface area contributed by atoms with Crippen LogP contribution in [0, 0.1) is 0 Å². The van der Waals surface area contributed by atoms with Crippen molar-refractivity contribution in [1.82, 2.24) is 0 Å². The van der Waals surface area contributed by atoms with Gasteiger partial charge in [-0.2, -0.15) is 0 Å². The fourth-order valence-electron chi connectivity index (χ4n) is 1.50. The predicted octanol–water partition coefficient (Wildman–Crippen LogP) is 3.37. The highest BCUT2D eigenvalue weighted by Gasteiger charge is 2.06. The minimum absolute atomic E-state index is 0.189. The third-order valence-electron chi connectivity index (χ3n) is 2.35. The van der Waals surface area contributed by atoms with Gasteiger partial charge in [-0.1, -0.05) is 32.6 Å². The quantitative estimate of drug-likeness (QED) is 0.381. The maximum absolute atomic E-state index is 5.53. The lowest BCUT2D eigenvalue weighted by atomic mass is 10.2. The summed E-state index contributed by atoms with van der Waals surface area (Å²) in [5, 5.41) is 0. The van der Waals surface area contributed by atoms with Gasteiger partial charge >= 0.3 is 0 Å². The van der Waals surface area contributed by atoms with Crippen molar-refractivity contribution in [2.24, 2.45) is 0 Å². The molecule has 0 aromatic heterocycles. The average molecular weight is 232 g/mol. The molecule has 0 aromatic rings. The molecule has 0 radical (unpaired) electrons. The normalized spacial score (nSPS) is 11.2. The number of hydrogen-bond acceptors (Lipinski definition) is 3. The highest BCUT2D eigenvalue weighted by molar-refractivity contribution is 4.44. The van der Waals surface area contributed by atoms with Crippen LogP contribution in [0.1, 0.15) is 52.9 Å². The molecule has 0 rings (SSSR count). The molecular formula is C13H28O3.